The maximum Gasteiger partial charge on any atom is 0.338 e. The van der Waals surface area contributed by atoms with Crippen molar-refractivity contribution in [2.75, 3.05) is 7.05 Å². The molecule has 0 saturated carbocycles. The summed E-state index contributed by atoms with van der Waals surface area (Å²) in [5.41, 5.74) is 2.60. The number of aromatic nitrogens is 2. The molecule has 0 aliphatic rings. The van der Waals surface area contributed by atoms with Crippen LogP contribution in [0.15, 0.2) is 42.5 Å². The Labute approximate surface area is 155 Å². The predicted octanol–water partition coefficient (Wildman–Crippen LogP) is 3.21. The zero-order valence-corrected chi connectivity index (χ0v) is 15.3. The molecule has 0 bridgehead atoms. The second kappa shape index (κ2) is 7.57. The van der Waals surface area contributed by atoms with Crippen LogP contribution in [0, 0.1) is 12.7 Å². The Morgan fingerprint density at radius 1 is 1.26 bits per heavy atom. The molecule has 3 aromatic rings. The Hall–Kier alpha value is -3.22. The van der Waals surface area contributed by atoms with Crippen LogP contribution >= 0.6 is 0 Å². The molecule has 1 N–H and O–H groups in total. The van der Waals surface area contributed by atoms with Gasteiger partial charge in [-0.3, -0.25) is 9.89 Å². The van der Waals surface area contributed by atoms with Crippen LogP contribution in [0.5, 0.6) is 0 Å². The van der Waals surface area contributed by atoms with Crippen LogP contribution in [0.1, 0.15) is 28.5 Å². The van der Waals surface area contributed by atoms with E-state index in [9.17, 15) is 14.0 Å². The van der Waals surface area contributed by atoms with Crippen molar-refractivity contribution in [1.82, 2.24) is 15.1 Å². The van der Waals surface area contributed by atoms with E-state index in [1.54, 1.807) is 37.4 Å². The minimum atomic E-state index is -0.961. The van der Waals surface area contributed by atoms with Gasteiger partial charge < -0.3 is 9.64 Å². The minimum absolute atomic E-state index is 0.221. The maximum atomic E-state index is 13.3. The molecule has 1 atom stereocenters. The molecule has 3 rings (SSSR count). The van der Waals surface area contributed by atoms with Gasteiger partial charge in [0, 0.05) is 24.7 Å². The van der Waals surface area contributed by atoms with E-state index in [-0.39, 0.29) is 18.3 Å². The van der Waals surface area contributed by atoms with Crippen LogP contribution in [0.3, 0.4) is 0 Å². The summed E-state index contributed by atoms with van der Waals surface area (Å²) in [5.74, 6) is -1.32. The average Bonchev–Trinajstić information content (AvgIpc) is 3.01. The molecule has 6 nitrogen and oxygen atoms in total. The van der Waals surface area contributed by atoms with Gasteiger partial charge in [0.1, 0.15) is 5.82 Å². The van der Waals surface area contributed by atoms with Gasteiger partial charge in [-0.25, -0.2) is 9.18 Å². The van der Waals surface area contributed by atoms with E-state index in [0.29, 0.717) is 11.1 Å². The molecule has 7 heteroatoms. The first-order valence-corrected chi connectivity index (χ1v) is 8.50. The molecule has 27 heavy (non-hydrogen) atoms. The van der Waals surface area contributed by atoms with E-state index < -0.39 is 12.1 Å². The summed E-state index contributed by atoms with van der Waals surface area (Å²) in [6.07, 6.45) is -0.961. The molecular formula is C20H20FN3O3. The number of likely N-dealkylation sites (N-methyl/N-ethyl adjacent to an activating group) is 1. The van der Waals surface area contributed by atoms with E-state index in [0.717, 1.165) is 16.6 Å². The zero-order chi connectivity index (χ0) is 19.6. The van der Waals surface area contributed by atoms with Crippen LogP contribution in [0.25, 0.3) is 10.9 Å². The number of halogens is 1. The maximum absolute atomic E-state index is 13.3. The number of H-pyrrole nitrogens is 1. The highest BCUT2D eigenvalue weighted by molar-refractivity contribution is 5.96. The number of hydrogen-bond donors (Lipinski definition) is 1. The summed E-state index contributed by atoms with van der Waals surface area (Å²) >= 11 is 0. The molecule has 0 saturated heterocycles. The largest absolute Gasteiger partial charge is 0.449 e. The molecule has 1 aromatic heterocycles. The van der Waals surface area contributed by atoms with Gasteiger partial charge in [0.05, 0.1) is 11.1 Å². The highest BCUT2D eigenvalue weighted by Gasteiger charge is 2.22. The molecule has 0 spiro atoms. The molecule has 140 valence electrons. The van der Waals surface area contributed by atoms with E-state index in [1.165, 1.54) is 24.0 Å². The molecule has 1 amide bonds. The number of amides is 1. The van der Waals surface area contributed by atoms with Gasteiger partial charge in [0.15, 0.2) is 6.10 Å². The fraction of sp³-hybridized carbons (Fsp3) is 0.250. The highest BCUT2D eigenvalue weighted by atomic mass is 19.1. The van der Waals surface area contributed by atoms with Crippen LogP contribution in [0.2, 0.25) is 0 Å². The van der Waals surface area contributed by atoms with Gasteiger partial charge >= 0.3 is 5.97 Å². The molecule has 0 aliphatic carbocycles. The Balaban J connectivity index is 1.65. The van der Waals surface area contributed by atoms with Gasteiger partial charge in [0.25, 0.3) is 5.91 Å². The first-order chi connectivity index (χ1) is 12.8. The normalized spacial score (nSPS) is 12.0. The van der Waals surface area contributed by atoms with Gasteiger partial charge in [-0.1, -0.05) is 12.1 Å². The lowest BCUT2D eigenvalue weighted by atomic mass is 10.1. The number of nitrogens with zero attached hydrogens (tertiary/aromatic N) is 2. The summed E-state index contributed by atoms with van der Waals surface area (Å²) in [5, 5.41) is 7.79. The third-order valence-corrected chi connectivity index (χ3v) is 4.30. The molecule has 2 aromatic carbocycles. The number of ether oxygens (including phenoxy) is 1. The summed E-state index contributed by atoms with van der Waals surface area (Å²) in [7, 11) is 1.58. The topological polar surface area (TPSA) is 75.3 Å². The molecule has 0 radical (unpaired) electrons. The average molecular weight is 369 g/mol. The first-order valence-electron chi connectivity index (χ1n) is 8.50. The number of fused-ring (bicyclic) bond motifs is 1. The number of nitrogens with one attached hydrogen (secondary N) is 1. The van der Waals surface area contributed by atoms with Crippen molar-refractivity contribution in [3.8, 4) is 0 Å². The number of aromatic amines is 1. The second-order valence-electron chi connectivity index (χ2n) is 6.45. The fourth-order valence-corrected chi connectivity index (χ4v) is 2.84. The van der Waals surface area contributed by atoms with Crippen molar-refractivity contribution in [3.63, 3.8) is 0 Å². The summed E-state index contributed by atoms with van der Waals surface area (Å²) in [6.45, 7) is 3.60. The Morgan fingerprint density at radius 3 is 2.78 bits per heavy atom. The Bertz CT molecular complexity index is 999. The van der Waals surface area contributed by atoms with Crippen LogP contribution in [0.4, 0.5) is 4.39 Å². The van der Waals surface area contributed by atoms with Crippen molar-refractivity contribution in [1.29, 1.82) is 0 Å². The van der Waals surface area contributed by atoms with Crippen LogP contribution < -0.4 is 0 Å². The molecule has 0 fully saturated rings. The van der Waals surface area contributed by atoms with Crippen molar-refractivity contribution in [2.24, 2.45) is 0 Å². The molecule has 0 aliphatic heterocycles. The standard InChI is InChI=1S/C20H20FN3O3/c1-12-17-10-15(7-8-18(17)23-22-12)20(26)27-13(2)19(25)24(3)11-14-5-4-6-16(21)9-14/h4-10,13H,11H2,1-3H3,(H,22,23). The highest BCUT2D eigenvalue weighted by Crippen LogP contribution is 2.18. The van der Waals surface area contributed by atoms with E-state index in [2.05, 4.69) is 10.2 Å². The van der Waals surface area contributed by atoms with E-state index in [4.69, 9.17) is 4.74 Å². The summed E-state index contributed by atoms with van der Waals surface area (Å²) in [4.78, 5) is 26.3. The van der Waals surface area contributed by atoms with Crippen LogP contribution in [-0.2, 0) is 16.1 Å². The Kier molecular flexibility index (Phi) is 5.21. The quantitative estimate of drug-likeness (QED) is 0.701. The number of benzene rings is 2. The van der Waals surface area contributed by atoms with Gasteiger partial charge in [0.2, 0.25) is 0 Å². The Morgan fingerprint density at radius 2 is 2.04 bits per heavy atom. The predicted molar refractivity (Wildman–Crippen MR) is 98.6 cm³/mol. The zero-order valence-electron chi connectivity index (χ0n) is 15.3. The molecule has 1 unspecified atom stereocenters. The fourth-order valence-electron chi connectivity index (χ4n) is 2.84. The van der Waals surface area contributed by atoms with E-state index in [1.807, 2.05) is 6.92 Å². The smallest absolute Gasteiger partial charge is 0.338 e. The monoisotopic (exact) mass is 369 g/mol. The van der Waals surface area contributed by atoms with Crippen LogP contribution in [-0.4, -0.2) is 40.1 Å². The van der Waals surface area contributed by atoms with Gasteiger partial charge in [-0.2, -0.15) is 5.10 Å². The lowest BCUT2D eigenvalue weighted by Crippen LogP contribution is -2.37. The summed E-state index contributed by atoms with van der Waals surface area (Å²) < 4.78 is 18.6. The summed E-state index contributed by atoms with van der Waals surface area (Å²) in [6, 6.07) is 11.0. The lowest BCUT2D eigenvalue weighted by molar-refractivity contribution is -0.139. The first kappa shape index (κ1) is 18.6. The number of carbonyl (C=O) groups excluding carboxylic acids is 2. The lowest BCUT2D eigenvalue weighted by Gasteiger charge is -2.21. The molecule has 1 heterocycles. The minimum Gasteiger partial charge on any atom is -0.449 e. The number of carbonyl (C=O) groups is 2. The van der Waals surface area contributed by atoms with Crippen molar-refractivity contribution >= 4 is 22.8 Å². The number of hydrogen-bond acceptors (Lipinski definition) is 4. The van der Waals surface area contributed by atoms with E-state index >= 15 is 0 Å². The van der Waals surface area contributed by atoms with Gasteiger partial charge in [-0.05, 0) is 49.7 Å². The third-order valence-electron chi connectivity index (χ3n) is 4.30. The number of aryl methyl sites for hydroxylation is 1. The number of rotatable bonds is 5. The molecular weight excluding hydrogens is 349 g/mol. The second-order valence-corrected chi connectivity index (χ2v) is 6.45. The van der Waals surface area contributed by atoms with Gasteiger partial charge in [-0.15, -0.1) is 0 Å². The van der Waals surface area contributed by atoms with Crippen molar-refractivity contribution in [3.05, 3.63) is 65.1 Å². The third kappa shape index (κ3) is 4.13. The van der Waals surface area contributed by atoms with Crippen molar-refractivity contribution in [2.45, 2.75) is 26.5 Å². The van der Waals surface area contributed by atoms with Crippen molar-refractivity contribution < 1.29 is 18.7 Å². The number of esters is 1. The SMILES string of the molecule is Cc1[nH]nc2ccc(C(=O)OC(C)C(=O)N(C)Cc3cccc(F)c3)cc12.